The average Bonchev–Trinajstić information content (AvgIpc) is 2.36. The van der Waals surface area contributed by atoms with Gasteiger partial charge in [0.2, 0.25) is 0 Å². The van der Waals surface area contributed by atoms with Gasteiger partial charge in [-0.3, -0.25) is 4.98 Å². The van der Waals surface area contributed by atoms with Gasteiger partial charge in [-0.1, -0.05) is 26.0 Å². The molecule has 0 aliphatic rings. The highest BCUT2D eigenvalue weighted by Gasteiger charge is 2.21. The molecule has 114 valence electrons. The number of pyridine rings is 1. The van der Waals surface area contributed by atoms with Crippen molar-refractivity contribution in [2.45, 2.75) is 58.9 Å². The lowest BCUT2D eigenvalue weighted by Crippen LogP contribution is -2.38. The van der Waals surface area contributed by atoms with Crippen LogP contribution in [-0.4, -0.2) is 17.1 Å². The number of hydrogen-bond donors (Lipinski definition) is 1. The van der Waals surface area contributed by atoms with E-state index in [-0.39, 0.29) is 11.0 Å². The second-order valence-electron chi connectivity index (χ2n) is 7.67. The van der Waals surface area contributed by atoms with Crippen LogP contribution < -0.4 is 5.32 Å². The first-order valence-corrected chi connectivity index (χ1v) is 7.80. The molecule has 2 heteroatoms. The Labute approximate surface area is 129 Å². The van der Waals surface area contributed by atoms with Crippen LogP contribution in [0.3, 0.4) is 0 Å². The maximum absolute atomic E-state index is 4.58. The molecule has 0 unspecified atom stereocenters. The van der Waals surface area contributed by atoms with Crippen LogP contribution in [-0.2, 0) is 5.41 Å². The zero-order valence-corrected chi connectivity index (χ0v) is 14.2. The topological polar surface area (TPSA) is 24.9 Å². The number of benzene rings is 1. The molecule has 0 saturated carbocycles. The lowest BCUT2D eigenvalue weighted by Gasteiger charge is -2.28. The fourth-order valence-corrected chi connectivity index (χ4v) is 2.54. The molecule has 0 atom stereocenters. The Morgan fingerprint density at radius 3 is 2.38 bits per heavy atom. The van der Waals surface area contributed by atoms with Crippen LogP contribution >= 0.6 is 0 Å². The van der Waals surface area contributed by atoms with Crippen molar-refractivity contribution in [2.24, 2.45) is 0 Å². The van der Waals surface area contributed by atoms with Gasteiger partial charge in [-0.15, -0.1) is 0 Å². The van der Waals surface area contributed by atoms with Crippen molar-refractivity contribution in [1.29, 1.82) is 0 Å². The third-order valence-electron chi connectivity index (χ3n) is 4.02. The molecule has 1 heterocycles. The highest BCUT2D eigenvalue weighted by Crippen LogP contribution is 2.29. The van der Waals surface area contributed by atoms with Crippen molar-refractivity contribution >= 4 is 10.9 Å². The van der Waals surface area contributed by atoms with E-state index in [1.165, 1.54) is 10.9 Å². The van der Waals surface area contributed by atoms with E-state index in [9.17, 15) is 0 Å². The SMILES string of the molecule is Cc1ccc2cc(C(C)(C)CCNC(C)(C)C)ccc2n1. The second kappa shape index (κ2) is 5.76. The number of fused-ring (bicyclic) bond motifs is 1. The molecule has 0 radical (unpaired) electrons. The van der Waals surface area contributed by atoms with Crippen molar-refractivity contribution in [3.8, 4) is 0 Å². The third kappa shape index (κ3) is 4.28. The minimum absolute atomic E-state index is 0.164. The fraction of sp³-hybridized carbons (Fsp3) is 0.526. The van der Waals surface area contributed by atoms with E-state index in [0.717, 1.165) is 24.2 Å². The molecule has 0 saturated heterocycles. The van der Waals surface area contributed by atoms with Gasteiger partial charge < -0.3 is 5.32 Å². The highest BCUT2D eigenvalue weighted by molar-refractivity contribution is 5.79. The molecule has 2 aromatic rings. The molecule has 0 spiro atoms. The zero-order valence-electron chi connectivity index (χ0n) is 14.2. The fourth-order valence-electron chi connectivity index (χ4n) is 2.54. The Bertz CT molecular complexity index is 621. The number of rotatable bonds is 4. The first kappa shape index (κ1) is 16.0. The number of nitrogens with one attached hydrogen (secondary N) is 1. The van der Waals surface area contributed by atoms with Crippen LogP contribution in [0, 0.1) is 6.92 Å². The molecule has 1 aromatic heterocycles. The maximum atomic E-state index is 4.58. The van der Waals surface area contributed by atoms with Crippen molar-refractivity contribution in [2.75, 3.05) is 6.54 Å². The van der Waals surface area contributed by atoms with Crippen molar-refractivity contribution in [3.05, 3.63) is 41.6 Å². The summed E-state index contributed by atoms with van der Waals surface area (Å²) in [6.45, 7) is 14.3. The standard InChI is InChI=1S/C19H28N2/c1-14-7-8-15-13-16(9-10-17(15)21-14)19(5,6)11-12-20-18(2,3)4/h7-10,13,20H,11-12H2,1-6H3. The highest BCUT2D eigenvalue weighted by atomic mass is 14.9. The van der Waals surface area contributed by atoms with Gasteiger partial charge in [-0.2, -0.15) is 0 Å². The van der Waals surface area contributed by atoms with Gasteiger partial charge >= 0.3 is 0 Å². The largest absolute Gasteiger partial charge is 0.312 e. The first-order valence-electron chi connectivity index (χ1n) is 7.80. The second-order valence-corrected chi connectivity index (χ2v) is 7.67. The molecular formula is C19H28N2. The van der Waals surface area contributed by atoms with Crippen LogP contribution in [0.5, 0.6) is 0 Å². The molecule has 1 aromatic carbocycles. The normalized spacial score (nSPS) is 12.9. The molecule has 0 amide bonds. The number of nitrogens with zero attached hydrogens (tertiary/aromatic N) is 1. The van der Waals surface area contributed by atoms with Crippen LogP contribution in [0.15, 0.2) is 30.3 Å². The summed E-state index contributed by atoms with van der Waals surface area (Å²) in [6, 6.07) is 10.9. The van der Waals surface area contributed by atoms with Crippen molar-refractivity contribution in [3.63, 3.8) is 0 Å². The Balaban J connectivity index is 2.17. The van der Waals surface area contributed by atoms with E-state index < -0.39 is 0 Å². The Morgan fingerprint density at radius 1 is 1.00 bits per heavy atom. The van der Waals surface area contributed by atoms with Crippen LogP contribution in [0.1, 0.15) is 52.3 Å². The van der Waals surface area contributed by atoms with E-state index in [4.69, 9.17) is 0 Å². The lowest BCUT2D eigenvalue weighted by molar-refractivity contribution is 0.379. The lowest BCUT2D eigenvalue weighted by atomic mass is 9.81. The molecule has 0 aliphatic carbocycles. The van der Waals surface area contributed by atoms with Gasteiger partial charge in [0.15, 0.2) is 0 Å². The van der Waals surface area contributed by atoms with Crippen LogP contribution in [0.4, 0.5) is 0 Å². The monoisotopic (exact) mass is 284 g/mol. The minimum Gasteiger partial charge on any atom is -0.312 e. The minimum atomic E-state index is 0.164. The molecule has 1 N–H and O–H groups in total. The molecule has 0 fully saturated rings. The summed E-state index contributed by atoms with van der Waals surface area (Å²) < 4.78 is 0. The Hall–Kier alpha value is -1.41. The number of aromatic nitrogens is 1. The van der Waals surface area contributed by atoms with Gasteiger partial charge in [0.05, 0.1) is 5.52 Å². The van der Waals surface area contributed by atoms with Gasteiger partial charge in [-0.05, 0) is 69.8 Å². The third-order valence-corrected chi connectivity index (χ3v) is 4.02. The summed E-state index contributed by atoms with van der Waals surface area (Å²) in [5, 5.41) is 4.81. The average molecular weight is 284 g/mol. The Kier molecular flexibility index (Phi) is 4.38. The molecule has 2 rings (SSSR count). The molecule has 2 nitrogen and oxygen atoms in total. The van der Waals surface area contributed by atoms with Gasteiger partial charge in [0.25, 0.3) is 0 Å². The molecular weight excluding hydrogens is 256 g/mol. The summed E-state index contributed by atoms with van der Waals surface area (Å²) in [7, 11) is 0. The van der Waals surface area contributed by atoms with E-state index in [1.54, 1.807) is 0 Å². The Morgan fingerprint density at radius 2 is 1.71 bits per heavy atom. The van der Waals surface area contributed by atoms with Crippen molar-refractivity contribution in [1.82, 2.24) is 10.3 Å². The van der Waals surface area contributed by atoms with Crippen LogP contribution in [0.25, 0.3) is 10.9 Å². The molecule has 0 bridgehead atoms. The summed E-state index contributed by atoms with van der Waals surface area (Å²) in [5.74, 6) is 0. The molecule has 0 aliphatic heterocycles. The summed E-state index contributed by atoms with van der Waals surface area (Å²) >= 11 is 0. The van der Waals surface area contributed by atoms with Gasteiger partial charge in [-0.25, -0.2) is 0 Å². The zero-order chi connectivity index (χ0) is 15.7. The first-order chi connectivity index (χ1) is 9.67. The van der Waals surface area contributed by atoms with E-state index >= 15 is 0 Å². The predicted octanol–water partition coefficient (Wildman–Crippen LogP) is 4.60. The van der Waals surface area contributed by atoms with E-state index in [1.807, 2.05) is 6.92 Å². The van der Waals surface area contributed by atoms with Gasteiger partial charge in [0.1, 0.15) is 0 Å². The predicted molar refractivity (Wildman–Crippen MR) is 91.9 cm³/mol. The summed E-state index contributed by atoms with van der Waals surface area (Å²) in [5.41, 5.74) is 3.89. The maximum Gasteiger partial charge on any atom is 0.0705 e. The van der Waals surface area contributed by atoms with E-state index in [2.05, 4.69) is 75.3 Å². The van der Waals surface area contributed by atoms with Gasteiger partial charge in [0, 0.05) is 16.6 Å². The van der Waals surface area contributed by atoms with E-state index in [0.29, 0.717) is 0 Å². The van der Waals surface area contributed by atoms with Crippen molar-refractivity contribution < 1.29 is 0 Å². The smallest absolute Gasteiger partial charge is 0.0705 e. The molecule has 21 heavy (non-hydrogen) atoms. The summed E-state index contributed by atoms with van der Waals surface area (Å²) in [6.07, 6.45) is 1.12. The van der Waals surface area contributed by atoms with Crippen LogP contribution in [0.2, 0.25) is 0 Å². The number of aryl methyl sites for hydroxylation is 1. The quantitative estimate of drug-likeness (QED) is 0.887. The number of hydrogen-bond acceptors (Lipinski definition) is 2. The summed E-state index contributed by atoms with van der Waals surface area (Å²) in [4.78, 5) is 4.58.